The van der Waals surface area contributed by atoms with Crippen LogP contribution in [0.1, 0.15) is 159 Å². The highest BCUT2D eigenvalue weighted by molar-refractivity contribution is 6.94. The molecule has 330 valence electrons. The standard InChI is InChI=1S/C63H65BN2/c1-36-29-47-50(61(8,9)28-25-58(47,2)3)35-53(36)65-54-32-41-40-31-48-49(60(6,7)27-26-59(48,4)5)33-45(40)63(12,13)46(41)34-51(54)64-55-42(30-37-19-14-15-20-38(37)57(55)65)39-21-18-23-44-56(39)66(64)52-24-17-16-22-43(52)62(44,10)11/h14-24,29-35H,25-28H2,1-13H3. The zero-order valence-electron chi connectivity index (χ0n) is 41.7. The first kappa shape index (κ1) is 40.7. The maximum absolute atomic E-state index is 2.79. The van der Waals surface area contributed by atoms with E-state index in [2.05, 4.69) is 209 Å². The highest BCUT2D eigenvalue weighted by Crippen LogP contribution is 2.60. The minimum Gasteiger partial charge on any atom is -0.376 e. The molecule has 7 aromatic carbocycles. The van der Waals surface area contributed by atoms with Gasteiger partial charge < -0.3 is 9.71 Å². The lowest BCUT2D eigenvalue weighted by atomic mass is 9.42. The second kappa shape index (κ2) is 12.5. The highest BCUT2D eigenvalue weighted by Gasteiger charge is 2.52. The van der Waals surface area contributed by atoms with Gasteiger partial charge >= 0.3 is 6.85 Å². The van der Waals surface area contributed by atoms with Crippen LogP contribution in [0.2, 0.25) is 0 Å². The minimum atomic E-state index is -0.180. The van der Waals surface area contributed by atoms with Gasteiger partial charge in [0, 0.05) is 44.5 Å². The predicted octanol–water partition coefficient (Wildman–Crippen LogP) is 15.5. The van der Waals surface area contributed by atoms with Crippen molar-refractivity contribution < 1.29 is 0 Å². The third-order valence-corrected chi connectivity index (χ3v) is 18.6. The summed E-state index contributed by atoms with van der Waals surface area (Å²) in [4.78, 5) is 5.56. The zero-order valence-corrected chi connectivity index (χ0v) is 41.7. The van der Waals surface area contributed by atoms with Gasteiger partial charge in [0.2, 0.25) is 0 Å². The lowest BCUT2D eigenvalue weighted by molar-refractivity contribution is 0.331. The summed E-state index contributed by atoms with van der Waals surface area (Å²) in [7, 11) is 0. The number of nitrogens with zero attached hydrogens (tertiary/aromatic N) is 2. The molecule has 3 aliphatic carbocycles. The van der Waals surface area contributed by atoms with Gasteiger partial charge in [-0.05, 0) is 168 Å². The summed E-state index contributed by atoms with van der Waals surface area (Å²) in [5.41, 5.74) is 28.3. The number of para-hydroxylation sites is 2. The van der Waals surface area contributed by atoms with Crippen molar-refractivity contribution in [1.29, 1.82) is 0 Å². The zero-order chi connectivity index (χ0) is 46.0. The third kappa shape index (κ3) is 5.00. The Bertz CT molecular complexity index is 3350. The van der Waals surface area contributed by atoms with Crippen molar-refractivity contribution in [3.05, 3.63) is 159 Å². The Morgan fingerprint density at radius 1 is 0.409 bits per heavy atom. The molecule has 0 amide bonds. The summed E-state index contributed by atoms with van der Waals surface area (Å²) in [6, 6.07) is 44.2. The topological polar surface area (TPSA) is 6.48 Å². The summed E-state index contributed by atoms with van der Waals surface area (Å²) >= 11 is 0. The van der Waals surface area contributed by atoms with Gasteiger partial charge in [-0.3, -0.25) is 0 Å². The fourth-order valence-corrected chi connectivity index (χ4v) is 14.4. The van der Waals surface area contributed by atoms with Crippen molar-refractivity contribution in [2.75, 3.05) is 9.71 Å². The van der Waals surface area contributed by atoms with E-state index in [0.29, 0.717) is 0 Å². The molecule has 3 heterocycles. The summed E-state index contributed by atoms with van der Waals surface area (Å²) < 4.78 is 0. The minimum absolute atomic E-state index is 0.0408. The molecule has 7 aromatic rings. The van der Waals surface area contributed by atoms with Crippen LogP contribution in [-0.2, 0) is 32.5 Å². The molecule has 0 saturated heterocycles. The molecular weight excluding hydrogens is 796 g/mol. The Balaban J connectivity index is 1.20. The van der Waals surface area contributed by atoms with Gasteiger partial charge in [-0.1, -0.05) is 162 Å². The molecule has 0 N–H and O–H groups in total. The maximum atomic E-state index is 2.79. The number of aryl methyl sites for hydroxylation is 1. The monoisotopic (exact) mass is 861 g/mol. The molecule has 0 radical (unpaired) electrons. The fraction of sp³-hybridized carbons (Fsp3) is 0.365. The molecule has 66 heavy (non-hydrogen) atoms. The van der Waals surface area contributed by atoms with E-state index in [0.717, 1.165) is 0 Å². The van der Waals surface area contributed by atoms with Gasteiger partial charge in [0.1, 0.15) is 0 Å². The number of anilines is 5. The normalized spacial score (nSPS) is 20.6. The fourth-order valence-electron chi connectivity index (χ4n) is 14.4. The first-order valence-corrected chi connectivity index (χ1v) is 25.1. The molecule has 0 saturated carbocycles. The molecule has 3 heteroatoms. The molecule has 13 rings (SSSR count). The Labute approximate surface area is 394 Å². The molecule has 0 spiro atoms. The van der Waals surface area contributed by atoms with Gasteiger partial charge in [-0.25, -0.2) is 0 Å². The van der Waals surface area contributed by atoms with E-state index >= 15 is 0 Å². The lowest BCUT2D eigenvalue weighted by Gasteiger charge is -2.52. The van der Waals surface area contributed by atoms with E-state index in [4.69, 9.17) is 0 Å². The second-order valence-electron chi connectivity index (χ2n) is 25.1. The molecule has 0 bridgehead atoms. The van der Waals surface area contributed by atoms with E-state index in [1.807, 2.05) is 0 Å². The van der Waals surface area contributed by atoms with Crippen molar-refractivity contribution in [2.24, 2.45) is 0 Å². The smallest absolute Gasteiger partial charge is 0.333 e. The average Bonchev–Trinajstić information content (AvgIpc) is 3.49. The van der Waals surface area contributed by atoms with Crippen LogP contribution in [0.3, 0.4) is 0 Å². The van der Waals surface area contributed by atoms with Crippen molar-refractivity contribution in [2.45, 2.75) is 148 Å². The van der Waals surface area contributed by atoms with Crippen molar-refractivity contribution in [3.8, 4) is 22.3 Å². The van der Waals surface area contributed by atoms with Crippen LogP contribution in [0.25, 0.3) is 33.0 Å². The Morgan fingerprint density at radius 3 is 1.68 bits per heavy atom. The number of benzene rings is 7. The quantitative estimate of drug-likeness (QED) is 0.152. The predicted molar refractivity (Wildman–Crippen MR) is 283 cm³/mol. The molecule has 0 aromatic heterocycles. The average molecular weight is 861 g/mol. The van der Waals surface area contributed by atoms with Gasteiger partial charge in [0.15, 0.2) is 0 Å². The molecule has 0 atom stereocenters. The number of hydrogen-bond acceptors (Lipinski definition) is 2. The number of hydrogen-bond donors (Lipinski definition) is 0. The van der Waals surface area contributed by atoms with Crippen molar-refractivity contribution in [3.63, 3.8) is 0 Å². The number of rotatable bonds is 1. The molecule has 0 fully saturated rings. The van der Waals surface area contributed by atoms with Gasteiger partial charge in [-0.15, -0.1) is 0 Å². The molecule has 0 unspecified atom stereocenters. The van der Waals surface area contributed by atoms with E-state index in [1.54, 1.807) is 5.56 Å². The largest absolute Gasteiger partial charge is 0.376 e. The molecule has 6 aliphatic rings. The summed E-state index contributed by atoms with van der Waals surface area (Å²) in [6.45, 7) is 32.1. The van der Waals surface area contributed by atoms with Crippen LogP contribution in [-0.4, -0.2) is 6.85 Å². The first-order chi connectivity index (χ1) is 31.1. The lowest BCUT2D eigenvalue weighted by Crippen LogP contribution is -2.63. The van der Waals surface area contributed by atoms with Gasteiger partial charge in [0.05, 0.1) is 5.69 Å². The summed E-state index contributed by atoms with van der Waals surface area (Å²) in [6.07, 6.45) is 4.80. The SMILES string of the molecule is Cc1cc2c(cc1N1c3cc4c(cc3B3c5c(cc6ccccc6c51)-c1cccc5c1N3c1ccccc1C5(C)C)C(C)(C)c1cc3c(cc1-4)C(C)(C)CCC3(C)C)C(C)(C)CCC2(C)C. The second-order valence-corrected chi connectivity index (χ2v) is 25.1. The highest BCUT2D eigenvalue weighted by atomic mass is 15.2. The Hall–Kier alpha value is -5.54. The third-order valence-electron chi connectivity index (χ3n) is 18.6. The number of fused-ring (bicyclic) bond motifs is 13. The van der Waals surface area contributed by atoms with Crippen molar-refractivity contribution >= 4 is 57.0 Å². The first-order valence-electron chi connectivity index (χ1n) is 25.1. The van der Waals surface area contributed by atoms with Crippen LogP contribution in [0.15, 0.2) is 109 Å². The van der Waals surface area contributed by atoms with Crippen LogP contribution < -0.4 is 20.6 Å². The Morgan fingerprint density at radius 2 is 0.970 bits per heavy atom. The van der Waals surface area contributed by atoms with E-state index < -0.39 is 0 Å². The Kier molecular flexibility index (Phi) is 7.72. The summed E-state index contributed by atoms with van der Waals surface area (Å²) in [5, 5.41) is 2.61. The van der Waals surface area contributed by atoms with Crippen molar-refractivity contribution in [1.82, 2.24) is 0 Å². The van der Waals surface area contributed by atoms with Crippen LogP contribution in [0.4, 0.5) is 28.4 Å². The summed E-state index contributed by atoms with van der Waals surface area (Å²) in [5.74, 6) is 0. The van der Waals surface area contributed by atoms with Gasteiger partial charge in [0.25, 0.3) is 0 Å². The van der Waals surface area contributed by atoms with E-state index in [1.165, 1.54) is 143 Å². The molecule has 2 nitrogen and oxygen atoms in total. The molecular formula is C63H65BN2. The van der Waals surface area contributed by atoms with E-state index in [9.17, 15) is 0 Å². The maximum Gasteiger partial charge on any atom is 0.333 e. The van der Waals surface area contributed by atoms with Gasteiger partial charge in [-0.2, -0.15) is 0 Å². The van der Waals surface area contributed by atoms with Crippen LogP contribution in [0.5, 0.6) is 0 Å². The van der Waals surface area contributed by atoms with Crippen LogP contribution >= 0.6 is 0 Å². The van der Waals surface area contributed by atoms with Crippen LogP contribution in [0, 0.1) is 6.92 Å². The van der Waals surface area contributed by atoms with E-state index in [-0.39, 0.29) is 39.3 Å². The molecule has 3 aliphatic heterocycles.